The predicted octanol–water partition coefficient (Wildman–Crippen LogP) is 9.35. The van der Waals surface area contributed by atoms with E-state index in [-0.39, 0.29) is 62.2 Å². The van der Waals surface area contributed by atoms with Gasteiger partial charge in [-0.3, -0.25) is 19.3 Å². The summed E-state index contributed by atoms with van der Waals surface area (Å²) in [5, 5.41) is 22.4. The topological polar surface area (TPSA) is 107 Å². The molecule has 0 bridgehead atoms. The minimum Gasteiger partial charge on any atom is -0.481 e. The van der Waals surface area contributed by atoms with Crippen molar-refractivity contribution < 1.29 is 33.7 Å². The molecule has 58 heavy (non-hydrogen) atoms. The molecule has 6 aliphatic carbocycles. The summed E-state index contributed by atoms with van der Waals surface area (Å²) >= 11 is 6.21. The number of carbonyl (C=O) groups is 3. The second kappa shape index (κ2) is 14.7. The lowest BCUT2D eigenvalue weighted by atomic mass is 9.33. The Morgan fingerprint density at radius 2 is 1.66 bits per heavy atom. The van der Waals surface area contributed by atoms with E-state index in [1.807, 2.05) is 14.1 Å². The number of Topliss-reactive ketones (excluding diaryl/α,β-unsaturated/α-hetero) is 1. The van der Waals surface area contributed by atoms with Crippen LogP contribution in [-0.2, 0) is 25.7 Å². The first-order valence-electron chi connectivity index (χ1n) is 22.1. The zero-order valence-corrected chi connectivity index (χ0v) is 37.7. The highest BCUT2D eigenvalue weighted by molar-refractivity contribution is 6.30. The molecule has 322 valence electrons. The van der Waals surface area contributed by atoms with Gasteiger partial charge in [-0.25, -0.2) is 4.39 Å². The predicted molar refractivity (Wildman–Crippen MR) is 224 cm³/mol. The molecule has 5 saturated carbocycles. The standard InChI is InChI=1S/C48H70ClFN2O6/c1-29(2)38-33(53)24-47(35(54)27-52(23-22-51(9)10)26-30-12-11-13-32(49)40(30)50)20-18-43(5)31(39(38)47)14-15-34-44(43,6)19-21-48-28-46(48,8)36(16-17-45(34,48)7)58-37(55)25-42(3,4)41(56)57/h11-13,29,31,34-36,54H,14-28H2,1-10H3,(H,56,57)/t31-,34+,35-,36+,43-,44-,45-,46?,47+,48+/m1/s1. The number of carbonyl (C=O) groups excluding carboxylic acids is 2. The van der Waals surface area contributed by atoms with E-state index in [0.717, 1.165) is 69.9 Å². The van der Waals surface area contributed by atoms with Crippen molar-refractivity contribution in [3.05, 3.63) is 45.7 Å². The van der Waals surface area contributed by atoms with Crippen molar-refractivity contribution in [2.75, 3.05) is 33.7 Å². The summed E-state index contributed by atoms with van der Waals surface area (Å²) in [7, 11) is 4.03. The van der Waals surface area contributed by atoms with E-state index in [0.29, 0.717) is 37.5 Å². The van der Waals surface area contributed by atoms with Crippen molar-refractivity contribution in [3.63, 3.8) is 0 Å². The number of ketones is 1. The van der Waals surface area contributed by atoms with Gasteiger partial charge in [0.25, 0.3) is 0 Å². The van der Waals surface area contributed by atoms with Crippen LogP contribution in [0.5, 0.6) is 0 Å². The highest BCUT2D eigenvalue weighted by Gasteiger charge is 2.82. The first-order valence-corrected chi connectivity index (χ1v) is 22.5. The van der Waals surface area contributed by atoms with Gasteiger partial charge in [-0.05, 0) is 137 Å². The molecule has 6 aliphatic rings. The number of allylic oxidation sites excluding steroid dienone is 1. The third-order valence-corrected chi connectivity index (χ3v) is 18.5. The molecule has 8 nitrogen and oxygen atoms in total. The summed E-state index contributed by atoms with van der Waals surface area (Å²) < 4.78 is 21.5. The quantitative estimate of drug-likeness (QED) is 0.190. The van der Waals surface area contributed by atoms with Crippen LogP contribution in [0.1, 0.15) is 132 Å². The number of halogens is 2. The Bertz CT molecular complexity index is 1880. The number of ether oxygens (including phenoxy) is 1. The molecule has 1 unspecified atom stereocenters. The van der Waals surface area contributed by atoms with Crippen molar-refractivity contribution in [1.29, 1.82) is 0 Å². The average molecular weight is 826 g/mol. The fraction of sp³-hybridized carbons (Fsp3) is 0.771. The number of aliphatic hydroxyl groups excluding tert-OH is 1. The minimum absolute atomic E-state index is 0.00807. The molecule has 1 spiro atoms. The van der Waals surface area contributed by atoms with Gasteiger partial charge < -0.3 is 19.8 Å². The Kier molecular flexibility index (Phi) is 11.1. The lowest BCUT2D eigenvalue weighted by Gasteiger charge is -2.71. The number of carboxylic acids is 1. The highest BCUT2D eigenvalue weighted by Crippen LogP contribution is 2.87. The van der Waals surface area contributed by atoms with E-state index in [2.05, 4.69) is 51.3 Å². The van der Waals surface area contributed by atoms with E-state index < -0.39 is 34.7 Å². The molecule has 10 heteroatoms. The molecule has 0 saturated heterocycles. The van der Waals surface area contributed by atoms with Crippen LogP contribution in [0.3, 0.4) is 0 Å². The third-order valence-electron chi connectivity index (χ3n) is 18.2. The van der Waals surface area contributed by atoms with Crippen molar-refractivity contribution in [1.82, 2.24) is 9.80 Å². The van der Waals surface area contributed by atoms with Crippen LogP contribution >= 0.6 is 11.6 Å². The van der Waals surface area contributed by atoms with Gasteiger partial charge in [-0.15, -0.1) is 0 Å². The number of benzene rings is 1. The number of hydrogen-bond acceptors (Lipinski definition) is 7. The second-order valence-electron chi connectivity index (χ2n) is 22.0. The summed E-state index contributed by atoms with van der Waals surface area (Å²) in [4.78, 5) is 43.5. The van der Waals surface area contributed by atoms with Crippen LogP contribution in [-0.4, -0.2) is 83.7 Å². The van der Waals surface area contributed by atoms with Gasteiger partial charge in [0.05, 0.1) is 23.0 Å². The largest absolute Gasteiger partial charge is 0.481 e. The van der Waals surface area contributed by atoms with Crippen LogP contribution in [0.2, 0.25) is 5.02 Å². The Balaban J connectivity index is 1.17. The molecule has 0 radical (unpaired) electrons. The number of nitrogens with zero attached hydrogens (tertiary/aromatic N) is 2. The van der Waals surface area contributed by atoms with Crippen molar-refractivity contribution in [2.24, 2.45) is 55.7 Å². The number of hydrogen-bond donors (Lipinski definition) is 2. The van der Waals surface area contributed by atoms with Gasteiger partial charge >= 0.3 is 11.9 Å². The third kappa shape index (κ3) is 6.39. The Hall–Kier alpha value is -2.33. The number of rotatable bonds is 13. The number of likely N-dealkylation sites (N-methyl/N-ethyl adjacent to an activating group) is 1. The molecule has 10 atom stereocenters. The summed E-state index contributed by atoms with van der Waals surface area (Å²) in [5.41, 5.74) is 0.781. The zero-order valence-electron chi connectivity index (χ0n) is 36.9. The molecule has 2 N–H and O–H groups in total. The highest BCUT2D eigenvalue weighted by atomic mass is 35.5. The van der Waals surface area contributed by atoms with Gasteiger partial charge in [-0.1, -0.05) is 70.8 Å². The van der Waals surface area contributed by atoms with Crippen LogP contribution in [0.4, 0.5) is 4.39 Å². The summed E-state index contributed by atoms with van der Waals surface area (Å²) in [6, 6.07) is 5.10. The van der Waals surface area contributed by atoms with Crippen LogP contribution in [0.25, 0.3) is 0 Å². The minimum atomic E-state index is -1.17. The van der Waals surface area contributed by atoms with Crippen LogP contribution < -0.4 is 0 Å². The maximum absolute atomic E-state index is 15.3. The van der Waals surface area contributed by atoms with Crippen LogP contribution in [0.15, 0.2) is 29.3 Å². The molecule has 0 aromatic heterocycles. The smallest absolute Gasteiger partial charge is 0.309 e. The fourth-order valence-corrected chi connectivity index (χ4v) is 14.8. The van der Waals surface area contributed by atoms with E-state index in [1.54, 1.807) is 32.0 Å². The van der Waals surface area contributed by atoms with Gasteiger partial charge in [0.2, 0.25) is 0 Å². The Morgan fingerprint density at radius 3 is 2.31 bits per heavy atom. The molecule has 7 rings (SSSR count). The lowest BCUT2D eigenvalue weighted by Crippen LogP contribution is -2.65. The monoisotopic (exact) mass is 824 g/mol. The van der Waals surface area contributed by atoms with Crippen LogP contribution in [0, 0.1) is 61.5 Å². The molecular formula is C48H70ClFN2O6. The van der Waals surface area contributed by atoms with E-state index in [9.17, 15) is 24.6 Å². The van der Waals surface area contributed by atoms with E-state index in [4.69, 9.17) is 16.3 Å². The molecule has 1 aromatic carbocycles. The first-order chi connectivity index (χ1) is 26.9. The van der Waals surface area contributed by atoms with E-state index in [1.165, 1.54) is 5.57 Å². The molecule has 1 aromatic rings. The summed E-state index contributed by atoms with van der Waals surface area (Å²) in [5.74, 6) is -0.954. The average Bonchev–Trinajstić information content (AvgIpc) is 3.65. The van der Waals surface area contributed by atoms with Gasteiger partial charge in [0, 0.05) is 49.0 Å². The number of fused-ring (bicyclic) bond motifs is 6. The number of aliphatic carboxylic acids is 1. The SMILES string of the molecule is CC(C)C1=C2[C@H]3CC[C@@H]4[C@@]5(C)CC[C@H](OC(=O)CC(C)(C)C(=O)O)C6(C)C[C@]65CC[C@@]4(C)[C@]3(C)CC[C@@]2([C@H](O)CN(CCN(C)C)Cc2cccc(Cl)c2F)CC1=O. The van der Waals surface area contributed by atoms with Crippen molar-refractivity contribution in [3.8, 4) is 0 Å². The Labute approximate surface area is 351 Å². The maximum atomic E-state index is 15.3. The number of esters is 1. The van der Waals surface area contributed by atoms with Crippen molar-refractivity contribution in [2.45, 2.75) is 145 Å². The second-order valence-corrected chi connectivity index (χ2v) is 22.4. The molecule has 5 fully saturated rings. The number of aliphatic hydroxyl groups is 1. The molecule has 0 aliphatic heterocycles. The summed E-state index contributed by atoms with van der Waals surface area (Å²) in [6.07, 6.45) is 7.84. The fourth-order valence-electron chi connectivity index (χ4n) is 14.6. The molecule has 0 heterocycles. The maximum Gasteiger partial charge on any atom is 0.309 e. The van der Waals surface area contributed by atoms with Gasteiger partial charge in [0.15, 0.2) is 5.78 Å². The zero-order chi connectivity index (χ0) is 42.6. The lowest BCUT2D eigenvalue weighted by molar-refractivity contribution is -0.221. The van der Waals surface area contributed by atoms with E-state index >= 15 is 4.39 Å². The summed E-state index contributed by atoms with van der Waals surface area (Å²) in [6.45, 7) is 19.4. The molecule has 0 amide bonds. The van der Waals surface area contributed by atoms with Crippen molar-refractivity contribution >= 4 is 29.3 Å². The van der Waals surface area contributed by atoms with Gasteiger partial charge in [-0.2, -0.15) is 0 Å². The first kappa shape index (κ1) is 43.7. The Morgan fingerprint density at radius 1 is 0.966 bits per heavy atom. The normalized spacial score (nSPS) is 38.6. The molecular weight excluding hydrogens is 755 g/mol. The number of carboxylic acid groups (broad SMARTS) is 1. The van der Waals surface area contributed by atoms with Gasteiger partial charge in [0.1, 0.15) is 11.9 Å².